The highest BCUT2D eigenvalue weighted by atomic mass is 14.7. The minimum absolute atomic E-state index is 1.03. The number of nitrogens with zero attached hydrogens (tertiary/aromatic N) is 1. The van der Waals surface area contributed by atoms with Crippen molar-refractivity contribution in [3.8, 4) is 0 Å². The molecule has 1 N–H and O–H groups in total. The maximum atomic E-state index is 4.11. The van der Waals surface area contributed by atoms with Crippen molar-refractivity contribution in [2.75, 3.05) is 0 Å². The van der Waals surface area contributed by atoms with Crippen LogP contribution in [0.2, 0.25) is 0 Å². The zero-order chi connectivity index (χ0) is 6.10. The van der Waals surface area contributed by atoms with E-state index in [1.165, 1.54) is 0 Å². The average molecular weight is 118 g/mol. The molecule has 2 heterocycles. The van der Waals surface area contributed by atoms with E-state index in [0.29, 0.717) is 0 Å². The Morgan fingerprint density at radius 3 is 3.22 bits per heavy atom. The highest BCUT2D eigenvalue weighted by molar-refractivity contribution is 5.77. The molecule has 0 saturated heterocycles. The molecule has 2 aromatic rings. The third kappa shape index (κ3) is 0.598. The van der Waals surface area contributed by atoms with Crippen molar-refractivity contribution < 1.29 is 0 Å². The second-order valence-corrected chi connectivity index (χ2v) is 1.93. The first-order chi connectivity index (χ1) is 4.47. The fourth-order valence-corrected chi connectivity index (χ4v) is 0.883. The van der Waals surface area contributed by atoms with Gasteiger partial charge in [0.25, 0.3) is 0 Å². The molecule has 0 fully saturated rings. The maximum absolute atomic E-state index is 4.11. The lowest BCUT2D eigenvalue weighted by Crippen LogP contribution is -1.66. The SMILES string of the molecule is c1cnc2c[nH]cc2c1. The number of nitrogens with one attached hydrogen (secondary N) is 1. The van der Waals surface area contributed by atoms with Gasteiger partial charge in [-0.25, -0.2) is 0 Å². The van der Waals surface area contributed by atoms with Crippen LogP contribution in [0.3, 0.4) is 0 Å². The van der Waals surface area contributed by atoms with Crippen LogP contribution in [0.1, 0.15) is 0 Å². The van der Waals surface area contributed by atoms with Gasteiger partial charge in [-0.1, -0.05) is 0 Å². The van der Waals surface area contributed by atoms with E-state index in [1.807, 2.05) is 24.5 Å². The summed E-state index contributed by atoms with van der Waals surface area (Å²) >= 11 is 0. The first-order valence-corrected chi connectivity index (χ1v) is 2.84. The Labute approximate surface area is 52.5 Å². The molecule has 2 rings (SSSR count). The molecule has 44 valence electrons. The standard InChI is InChI=1S/C7H6N2/c1-2-6-4-8-5-7(6)9-3-1/h1-5,8H. The van der Waals surface area contributed by atoms with Gasteiger partial charge in [-0.05, 0) is 12.1 Å². The topological polar surface area (TPSA) is 28.7 Å². The first-order valence-electron chi connectivity index (χ1n) is 2.84. The summed E-state index contributed by atoms with van der Waals surface area (Å²) in [5.74, 6) is 0. The molecule has 0 aliphatic heterocycles. The minimum Gasteiger partial charge on any atom is -0.365 e. The molecule has 2 nitrogen and oxygen atoms in total. The molecule has 0 atom stereocenters. The lowest BCUT2D eigenvalue weighted by molar-refractivity contribution is 1.39. The summed E-state index contributed by atoms with van der Waals surface area (Å²) in [5.41, 5.74) is 1.03. The third-order valence-corrected chi connectivity index (χ3v) is 1.33. The van der Waals surface area contributed by atoms with Crippen molar-refractivity contribution in [3.05, 3.63) is 30.7 Å². The molecule has 0 aromatic carbocycles. The van der Waals surface area contributed by atoms with E-state index in [0.717, 1.165) is 10.9 Å². The molecule has 0 amide bonds. The van der Waals surface area contributed by atoms with Crippen LogP contribution < -0.4 is 0 Å². The number of pyridine rings is 1. The van der Waals surface area contributed by atoms with Gasteiger partial charge >= 0.3 is 0 Å². The van der Waals surface area contributed by atoms with Crippen molar-refractivity contribution in [1.29, 1.82) is 0 Å². The van der Waals surface area contributed by atoms with E-state index in [1.54, 1.807) is 6.20 Å². The first kappa shape index (κ1) is 4.56. The van der Waals surface area contributed by atoms with E-state index < -0.39 is 0 Å². The molecule has 9 heavy (non-hydrogen) atoms. The number of fused-ring (bicyclic) bond motifs is 1. The van der Waals surface area contributed by atoms with Gasteiger partial charge in [0, 0.05) is 24.0 Å². The van der Waals surface area contributed by atoms with Crippen LogP contribution in [0.4, 0.5) is 0 Å². The van der Waals surface area contributed by atoms with Crippen molar-refractivity contribution in [2.24, 2.45) is 0 Å². The molecule has 0 bridgehead atoms. The highest BCUT2D eigenvalue weighted by Crippen LogP contribution is 2.06. The number of aromatic nitrogens is 2. The Morgan fingerprint density at radius 2 is 2.33 bits per heavy atom. The molecule has 0 saturated carbocycles. The van der Waals surface area contributed by atoms with Crippen molar-refractivity contribution in [2.45, 2.75) is 0 Å². The normalized spacial score (nSPS) is 10.2. The number of H-pyrrole nitrogens is 1. The predicted molar refractivity (Wildman–Crippen MR) is 36.1 cm³/mol. The summed E-state index contributed by atoms with van der Waals surface area (Å²) in [5, 5.41) is 1.16. The number of hydrogen-bond donors (Lipinski definition) is 1. The van der Waals surface area contributed by atoms with Gasteiger partial charge in [-0.3, -0.25) is 4.98 Å². The third-order valence-electron chi connectivity index (χ3n) is 1.33. The molecule has 2 heteroatoms. The summed E-state index contributed by atoms with van der Waals surface area (Å²) in [4.78, 5) is 7.09. The van der Waals surface area contributed by atoms with Crippen LogP contribution in [-0.4, -0.2) is 9.97 Å². The quantitative estimate of drug-likeness (QED) is 0.558. The molecule has 2 aromatic heterocycles. The van der Waals surface area contributed by atoms with Gasteiger partial charge in [0.2, 0.25) is 0 Å². The van der Waals surface area contributed by atoms with Gasteiger partial charge < -0.3 is 4.98 Å². The fraction of sp³-hybridized carbons (Fsp3) is 0. The maximum Gasteiger partial charge on any atom is 0.0876 e. The van der Waals surface area contributed by atoms with Gasteiger partial charge in [0.05, 0.1) is 5.52 Å². The van der Waals surface area contributed by atoms with Crippen molar-refractivity contribution in [3.63, 3.8) is 0 Å². The van der Waals surface area contributed by atoms with Crippen molar-refractivity contribution >= 4 is 10.9 Å². The van der Waals surface area contributed by atoms with E-state index in [2.05, 4.69) is 9.97 Å². The van der Waals surface area contributed by atoms with E-state index in [9.17, 15) is 0 Å². The van der Waals surface area contributed by atoms with Gasteiger partial charge in [0.15, 0.2) is 0 Å². The lowest BCUT2D eigenvalue weighted by Gasteiger charge is -1.81. The second-order valence-electron chi connectivity index (χ2n) is 1.93. The average Bonchev–Trinajstić information content (AvgIpc) is 2.33. The van der Waals surface area contributed by atoms with Crippen LogP contribution in [0.25, 0.3) is 10.9 Å². The van der Waals surface area contributed by atoms with Crippen LogP contribution in [0.15, 0.2) is 30.7 Å². The Balaban J connectivity index is 2.95. The molecule has 0 radical (unpaired) electrons. The monoisotopic (exact) mass is 118 g/mol. The Hall–Kier alpha value is -1.31. The van der Waals surface area contributed by atoms with Gasteiger partial charge in [0.1, 0.15) is 0 Å². The molecule has 0 aliphatic carbocycles. The van der Waals surface area contributed by atoms with Crippen LogP contribution in [-0.2, 0) is 0 Å². The second kappa shape index (κ2) is 1.58. The molecule has 0 unspecified atom stereocenters. The number of aromatic amines is 1. The zero-order valence-electron chi connectivity index (χ0n) is 4.83. The summed E-state index contributed by atoms with van der Waals surface area (Å²) in [6.45, 7) is 0. The van der Waals surface area contributed by atoms with E-state index >= 15 is 0 Å². The fourth-order valence-electron chi connectivity index (χ4n) is 0.883. The molecule has 0 aliphatic rings. The van der Waals surface area contributed by atoms with Crippen LogP contribution >= 0.6 is 0 Å². The zero-order valence-corrected chi connectivity index (χ0v) is 4.83. The largest absolute Gasteiger partial charge is 0.365 e. The lowest BCUT2D eigenvalue weighted by atomic mass is 10.3. The Bertz CT molecular complexity index is 281. The molecular formula is C7H6N2. The number of rotatable bonds is 0. The number of hydrogen-bond acceptors (Lipinski definition) is 1. The van der Waals surface area contributed by atoms with Gasteiger partial charge in [-0.2, -0.15) is 0 Å². The Morgan fingerprint density at radius 1 is 1.33 bits per heavy atom. The van der Waals surface area contributed by atoms with Crippen LogP contribution in [0, 0.1) is 0 Å². The predicted octanol–water partition coefficient (Wildman–Crippen LogP) is 1.56. The minimum atomic E-state index is 1.03. The van der Waals surface area contributed by atoms with Crippen LogP contribution in [0.5, 0.6) is 0 Å². The van der Waals surface area contributed by atoms with E-state index in [-0.39, 0.29) is 0 Å². The smallest absolute Gasteiger partial charge is 0.0876 e. The summed E-state index contributed by atoms with van der Waals surface area (Å²) in [7, 11) is 0. The molecular weight excluding hydrogens is 112 g/mol. The Kier molecular flexibility index (Phi) is 0.803. The van der Waals surface area contributed by atoms with Crippen molar-refractivity contribution in [1.82, 2.24) is 9.97 Å². The summed E-state index contributed by atoms with van der Waals surface area (Å²) in [6, 6.07) is 3.95. The molecule has 0 spiro atoms. The highest BCUT2D eigenvalue weighted by Gasteiger charge is 1.88. The van der Waals surface area contributed by atoms with Gasteiger partial charge in [-0.15, -0.1) is 0 Å². The van der Waals surface area contributed by atoms with E-state index in [4.69, 9.17) is 0 Å². The summed E-state index contributed by atoms with van der Waals surface area (Å²) < 4.78 is 0. The summed E-state index contributed by atoms with van der Waals surface area (Å²) in [6.07, 6.45) is 5.60.